The van der Waals surface area contributed by atoms with E-state index in [1.165, 1.54) is 9.80 Å². The van der Waals surface area contributed by atoms with E-state index < -0.39 is 5.41 Å². The Morgan fingerprint density at radius 3 is 1.68 bits per heavy atom. The number of rotatable bonds is 6. The van der Waals surface area contributed by atoms with Crippen molar-refractivity contribution in [3.63, 3.8) is 0 Å². The lowest BCUT2D eigenvalue weighted by Gasteiger charge is -2.43. The fraction of sp³-hybridized carbons (Fsp3) is 0.750. The maximum Gasteiger partial charge on any atom is 0.243 e. The summed E-state index contributed by atoms with van der Waals surface area (Å²) in [6.45, 7) is 5.52. The highest BCUT2D eigenvalue weighted by molar-refractivity contribution is 7.80. The Labute approximate surface area is 119 Å². The van der Waals surface area contributed by atoms with Gasteiger partial charge in [-0.2, -0.15) is 0 Å². The topological polar surface area (TPSA) is 64.7 Å². The van der Waals surface area contributed by atoms with Gasteiger partial charge in [0.25, 0.3) is 0 Å². The Hall–Kier alpha value is -1.05. The summed E-state index contributed by atoms with van der Waals surface area (Å²) in [5.74, 6) is -0.447. The molecule has 0 aromatic rings. The molecule has 0 spiro atoms. The van der Waals surface area contributed by atoms with Crippen molar-refractivity contribution in [2.75, 3.05) is 40.3 Å². The molecule has 19 heavy (non-hydrogen) atoms. The highest BCUT2D eigenvalue weighted by Gasteiger charge is 2.49. The van der Waals surface area contributed by atoms with Crippen LogP contribution in [0.1, 0.15) is 13.8 Å². The van der Waals surface area contributed by atoms with Crippen LogP contribution in [0.4, 0.5) is 0 Å². The standard InChI is InChI=1S/C12H22N4O2S/c1-12(2)9(17)15(7-5-13-3)11(19)16(10(12)18)8-6-14-4/h13-14H,5-8H2,1-4H3. The van der Waals surface area contributed by atoms with Crippen LogP contribution in [0, 0.1) is 5.41 Å². The molecule has 0 atom stereocenters. The Morgan fingerprint density at radius 1 is 1.00 bits per heavy atom. The molecule has 0 radical (unpaired) electrons. The van der Waals surface area contributed by atoms with Crippen molar-refractivity contribution < 1.29 is 9.59 Å². The molecule has 1 fully saturated rings. The highest BCUT2D eigenvalue weighted by atomic mass is 32.1. The minimum atomic E-state index is -1.05. The Morgan fingerprint density at radius 2 is 1.37 bits per heavy atom. The number of hydrogen-bond donors (Lipinski definition) is 2. The van der Waals surface area contributed by atoms with E-state index in [9.17, 15) is 9.59 Å². The molecule has 108 valence electrons. The van der Waals surface area contributed by atoms with Crippen LogP contribution in [-0.4, -0.2) is 67.0 Å². The van der Waals surface area contributed by atoms with Crippen molar-refractivity contribution in [1.29, 1.82) is 0 Å². The predicted octanol–water partition coefficient (Wildman–Crippen LogP) is -0.593. The second-order valence-electron chi connectivity index (χ2n) is 5.03. The fourth-order valence-corrected chi connectivity index (χ4v) is 2.28. The molecule has 1 aliphatic heterocycles. The van der Waals surface area contributed by atoms with Crippen LogP contribution in [0.5, 0.6) is 0 Å². The molecule has 1 saturated heterocycles. The van der Waals surface area contributed by atoms with E-state index in [2.05, 4.69) is 10.6 Å². The van der Waals surface area contributed by atoms with Crippen molar-refractivity contribution in [2.24, 2.45) is 5.41 Å². The van der Waals surface area contributed by atoms with Crippen LogP contribution in [0.25, 0.3) is 0 Å². The van der Waals surface area contributed by atoms with Gasteiger partial charge >= 0.3 is 0 Å². The summed E-state index contributed by atoms with van der Waals surface area (Å²) >= 11 is 5.29. The quantitative estimate of drug-likeness (QED) is 0.505. The first-order valence-electron chi connectivity index (χ1n) is 6.35. The van der Waals surface area contributed by atoms with Crippen molar-refractivity contribution in [2.45, 2.75) is 13.8 Å². The first-order chi connectivity index (χ1) is 8.87. The molecule has 0 unspecified atom stereocenters. The zero-order chi connectivity index (χ0) is 14.6. The second-order valence-corrected chi connectivity index (χ2v) is 5.39. The molecule has 1 aliphatic rings. The largest absolute Gasteiger partial charge is 0.318 e. The zero-order valence-electron chi connectivity index (χ0n) is 11.9. The molecular formula is C12H22N4O2S. The van der Waals surface area contributed by atoms with Gasteiger partial charge in [0.05, 0.1) is 0 Å². The van der Waals surface area contributed by atoms with Gasteiger partial charge in [0.15, 0.2) is 5.11 Å². The molecule has 1 heterocycles. The van der Waals surface area contributed by atoms with Crippen LogP contribution in [0.3, 0.4) is 0 Å². The van der Waals surface area contributed by atoms with E-state index in [1.54, 1.807) is 13.8 Å². The fourth-order valence-electron chi connectivity index (χ4n) is 1.93. The highest BCUT2D eigenvalue weighted by Crippen LogP contribution is 2.28. The summed E-state index contributed by atoms with van der Waals surface area (Å²) in [7, 11) is 3.62. The van der Waals surface area contributed by atoms with E-state index in [4.69, 9.17) is 12.2 Å². The van der Waals surface area contributed by atoms with Crippen LogP contribution in [0.2, 0.25) is 0 Å². The average Bonchev–Trinajstić information content (AvgIpc) is 2.37. The molecule has 1 rings (SSSR count). The maximum atomic E-state index is 12.3. The number of amides is 2. The SMILES string of the molecule is CNCCN1C(=O)C(C)(C)C(=O)N(CCNC)C1=S. The van der Waals surface area contributed by atoms with Crippen LogP contribution in [-0.2, 0) is 9.59 Å². The summed E-state index contributed by atoms with van der Waals surface area (Å²) in [4.78, 5) is 27.7. The summed E-state index contributed by atoms with van der Waals surface area (Å²) < 4.78 is 0. The summed E-state index contributed by atoms with van der Waals surface area (Å²) in [6, 6.07) is 0. The van der Waals surface area contributed by atoms with Crippen molar-refractivity contribution >= 4 is 29.1 Å². The third-order valence-electron chi connectivity index (χ3n) is 3.19. The Balaban J connectivity index is 2.97. The number of likely N-dealkylation sites (N-methyl/N-ethyl adjacent to an activating group) is 2. The molecule has 0 aromatic carbocycles. The van der Waals surface area contributed by atoms with Gasteiger partial charge in [-0.05, 0) is 40.2 Å². The monoisotopic (exact) mass is 286 g/mol. The third-order valence-corrected chi connectivity index (χ3v) is 3.63. The molecule has 6 nitrogen and oxygen atoms in total. The van der Waals surface area contributed by atoms with Gasteiger partial charge in [-0.1, -0.05) is 0 Å². The van der Waals surface area contributed by atoms with Gasteiger partial charge in [0.2, 0.25) is 11.8 Å². The van der Waals surface area contributed by atoms with Crippen molar-refractivity contribution in [3.05, 3.63) is 0 Å². The molecular weight excluding hydrogens is 264 g/mol. The van der Waals surface area contributed by atoms with Crippen molar-refractivity contribution in [3.8, 4) is 0 Å². The molecule has 2 N–H and O–H groups in total. The molecule has 0 bridgehead atoms. The second kappa shape index (κ2) is 6.40. The van der Waals surface area contributed by atoms with E-state index in [-0.39, 0.29) is 11.8 Å². The number of thiocarbonyl (C=S) groups is 1. The zero-order valence-corrected chi connectivity index (χ0v) is 12.8. The molecule has 0 saturated carbocycles. The lowest BCUT2D eigenvalue weighted by molar-refractivity contribution is -0.153. The van der Waals surface area contributed by atoms with E-state index in [0.717, 1.165) is 0 Å². The molecule has 7 heteroatoms. The third kappa shape index (κ3) is 3.10. The summed E-state index contributed by atoms with van der Waals surface area (Å²) in [5, 5.41) is 6.27. The van der Waals surface area contributed by atoms with Crippen LogP contribution >= 0.6 is 12.2 Å². The number of nitrogens with zero attached hydrogens (tertiary/aromatic N) is 2. The van der Waals surface area contributed by atoms with Gasteiger partial charge < -0.3 is 10.6 Å². The summed E-state index contributed by atoms with van der Waals surface area (Å²) in [5.41, 5.74) is -1.05. The number of hydrogen-bond acceptors (Lipinski definition) is 5. The lowest BCUT2D eigenvalue weighted by Crippen LogP contribution is -2.64. The number of nitrogens with one attached hydrogen (secondary N) is 2. The normalized spacial score (nSPS) is 19.3. The van der Waals surface area contributed by atoms with E-state index >= 15 is 0 Å². The van der Waals surface area contributed by atoms with Gasteiger partial charge in [0.1, 0.15) is 5.41 Å². The van der Waals surface area contributed by atoms with E-state index in [0.29, 0.717) is 31.3 Å². The first kappa shape index (κ1) is 16.0. The summed E-state index contributed by atoms with van der Waals surface area (Å²) in [6.07, 6.45) is 0. The van der Waals surface area contributed by atoms with Gasteiger partial charge in [-0.25, -0.2) is 0 Å². The van der Waals surface area contributed by atoms with Gasteiger partial charge in [-0.3, -0.25) is 19.4 Å². The Bertz CT molecular complexity index is 352. The average molecular weight is 286 g/mol. The minimum absolute atomic E-state index is 0.224. The predicted molar refractivity (Wildman–Crippen MR) is 77.7 cm³/mol. The maximum absolute atomic E-state index is 12.3. The Kier molecular flexibility index (Phi) is 5.39. The smallest absolute Gasteiger partial charge is 0.243 e. The first-order valence-corrected chi connectivity index (χ1v) is 6.75. The number of carbonyl (C=O) groups is 2. The van der Waals surface area contributed by atoms with Crippen LogP contribution < -0.4 is 10.6 Å². The molecule has 0 aliphatic carbocycles. The van der Waals surface area contributed by atoms with Crippen LogP contribution in [0.15, 0.2) is 0 Å². The minimum Gasteiger partial charge on any atom is -0.318 e. The van der Waals surface area contributed by atoms with Gasteiger partial charge in [0, 0.05) is 26.2 Å². The van der Waals surface area contributed by atoms with Crippen molar-refractivity contribution in [1.82, 2.24) is 20.4 Å². The lowest BCUT2D eigenvalue weighted by atomic mass is 9.88. The number of carbonyl (C=O) groups excluding carboxylic acids is 2. The van der Waals surface area contributed by atoms with Gasteiger partial charge in [-0.15, -0.1) is 0 Å². The van der Waals surface area contributed by atoms with E-state index in [1.807, 2.05) is 14.1 Å². The molecule has 2 amide bonds. The molecule has 0 aromatic heterocycles.